The number of hydrogen-bond acceptors (Lipinski definition) is 3. The molecule has 1 N–H and O–H groups in total. The molecule has 0 aliphatic heterocycles. The first-order chi connectivity index (χ1) is 12.8. The number of carboxylic acid groups (broad SMARTS) is 1. The average molecular weight is 375 g/mol. The minimum Gasteiger partial charge on any atom is -0.481 e. The molecule has 4 rings (SSSR count). The van der Waals surface area contributed by atoms with E-state index in [2.05, 4.69) is 19.9 Å². The lowest BCUT2D eigenvalue weighted by Crippen LogP contribution is -2.49. The van der Waals surface area contributed by atoms with Crippen molar-refractivity contribution < 1.29 is 19.4 Å². The van der Waals surface area contributed by atoms with Crippen molar-refractivity contribution in [2.45, 2.75) is 90.6 Å². The number of ether oxygens (including phenoxy) is 1. The summed E-state index contributed by atoms with van der Waals surface area (Å²) in [5, 5.41) is 8.73. The number of carbonyl (C=O) groups is 2. The van der Waals surface area contributed by atoms with E-state index in [4.69, 9.17) is 9.84 Å². The molecule has 0 aromatic heterocycles. The lowest BCUT2D eigenvalue weighted by Gasteiger charge is -2.57. The van der Waals surface area contributed by atoms with Crippen molar-refractivity contribution in [2.75, 3.05) is 0 Å². The number of carbonyl (C=O) groups excluding carboxylic acids is 1. The van der Waals surface area contributed by atoms with E-state index < -0.39 is 5.97 Å². The standard InChI is InChI=1S/C23H34O4/c1-22-11-3-4-18(22)17-6-5-15-14-16(27-21(26)8-7-20(24)25)9-13-23(15,2)19(17)10-12-22/h5,16-19H,3-4,6-14H2,1-2H3,(H,24,25)/t16-,17-,18-,19-,22-,23-/m0/s1. The summed E-state index contributed by atoms with van der Waals surface area (Å²) in [5.74, 6) is 1.23. The highest BCUT2D eigenvalue weighted by atomic mass is 16.5. The molecule has 150 valence electrons. The Bertz CT molecular complexity index is 653. The molecule has 0 saturated heterocycles. The summed E-state index contributed by atoms with van der Waals surface area (Å²) in [7, 11) is 0. The van der Waals surface area contributed by atoms with E-state index in [9.17, 15) is 9.59 Å². The summed E-state index contributed by atoms with van der Waals surface area (Å²) in [6.45, 7) is 5.01. The van der Waals surface area contributed by atoms with Crippen LogP contribution in [-0.4, -0.2) is 23.1 Å². The van der Waals surface area contributed by atoms with Gasteiger partial charge in [-0.25, -0.2) is 0 Å². The molecule has 3 saturated carbocycles. The highest BCUT2D eigenvalue weighted by molar-refractivity contribution is 5.76. The highest BCUT2D eigenvalue weighted by Crippen LogP contribution is 2.64. The van der Waals surface area contributed by atoms with Crippen LogP contribution >= 0.6 is 0 Å². The average Bonchev–Trinajstić information content (AvgIpc) is 3.02. The van der Waals surface area contributed by atoms with Crippen LogP contribution in [0.15, 0.2) is 11.6 Å². The normalized spacial score (nSPS) is 43.1. The van der Waals surface area contributed by atoms with Crippen molar-refractivity contribution in [2.24, 2.45) is 28.6 Å². The summed E-state index contributed by atoms with van der Waals surface area (Å²) in [6.07, 6.45) is 13.3. The Balaban J connectivity index is 1.44. The third-order valence-electron chi connectivity index (χ3n) is 8.68. The molecule has 0 bridgehead atoms. The van der Waals surface area contributed by atoms with Gasteiger partial charge in [0.05, 0.1) is 12.8 Å². The molecule has 0 aromatic rings. The molecule has 27 heavy (non-hydrogen) atoms. The summed E-state index contributed by atoms with van der Waals surface area (Å²) < 4.78 is 5.61. The van der Waals surface area contributed by atoms with Crippen LogP contribution in [-0.2, 0) is 14.3 Å². The zero-order valence-corrected chi connectivity index (χ0v) is 16.8. The van der Waals surface area contributed by atoms with Crippen molar-refractivity contribution in [1.29, 1.82) is 0 Å². The maximum Gasteiger partial charge on any atom is 0.306 e. The Morgan fingerprint density at radius 1 is 1.11 bits per heavy atom. The van der Waals surface area contributed by atoms with E-state index in [0.29, 0.717) is 5.41 Å². The molecule has 0 aromatic carbocycles. The Kier molecular flexibility index (Phi) is 4.88. The lowest BCUT2D eigenvalue weighted by atomic mass is 9.48. The molecule has 4 nitrogen and oxygen atoms in total. The van der Waals surface area contributed by atoms with E-state index in [-0.39, 0.29) is 30.3 Å². The summed E-state index contributed by atoms with van der Waals surface area (Å²) in [6, 6.07) is 0. The predicted octanol–water partition coefficient (Wildman–Crippen LogP) is 5.12. The highest BCUT2D eigenvalue weighted by Gasteiger charge is 2.55. The summed E-state index contributed by atoms with van der Waals surface area (Å²) in [5.41, 5.74) is 2.36. The van der Waals surface area contributed by atoms with E-state index in [0.717, 1.165) is 37.0 Å². The van der Waals surface area contributed by atoms with Crippen LogP contribution in [0.5, 0.6) is 0 Å². The van der Waals surface area contributed by atoms with Crippen LogP contribution in [0.1, 0.15) is 84.5 Å². The number of carboxylic acids is 1. The Morgan fingerprint density at radius 2 is 1.93 bits per heavy atom. The minimum absolute atomic E-state index is 0.0207. The second-order valence-corrected chi connectivity index (χ2v) is 10.1. The van der Waals surface area contributed by atoms with Crippen molar-refractivity contribution >= 4 is 11.9 Å². The lowest BCUT2D eigenvalue weighted by molar-refractivity contribution is -0.154. The number of fused-ring (bicyclic) bond motifs is 5. The summed E-state index contributed by atoms with van der Waals surface area (Å²) in [4.78, 5) is 22.6. The van der Waals surface area contributed by atoms with Gasteiger partial charge in [-0.2, -0.15) is 0 Å². The van der Waals surface area contributed by atoms with Crippen molar-refractivity contribution in [3.8, 4) is 0 Å². The third-order valence-corrected chi connectivity index (χ3v) is 8.68. The fourth-order valence-corrected chi connectivity index (χ4v) is 7.17. The van der Waals surface area contributed by atoms with Crippen LogP contribution in [0.3, 0.4) is 0 Å². The van der Waals surface area contributed by atoms with Gasteiger partial charge in [0.15, 0.2) is 0 Å². The zero-order valence-electron chi connectivity index (χ0n) is 16.8. The zero-order chi connectivity index (χ0) is 19.2. The maximum absolute atomic E-state index is 11.9. The smallest absolute Gasteiger partial charge is 0.306 e. The molecule has 0 unspecified atom stereocenters. The molecule has 4 aliphatic rings. The molecule has 4 aliphatic carbocycles. The van der Waals surface area contributed by atoms with Crippen LogP contribution in [0.4, 0.5) is 0 Å². The molecule has 4 heteroatoms. The van der Waals surface area contributed by atoms with Gasteiger partial charge in [0, 0.05) is 6.42 Å². The summed E-state index contributed by atoms with van der Waals surface area (Å²) >= 11 is 0. The van der Waals surface area contributed by atoms with Gasteiger partial charge in [-0.15, -0.1) is 0 Å². The molecule has 3 fully saturated rings. The largest absolute Gasteiger partial charge is 0.481 e. The number of rotatable bonds is 4. The fourth-order valence-electron chi connectivity index (χ4n) is 7.17. The van der Waals surface area contributed by atoms with Crippen LogP contribution in [0.25, 0.3) is 0 Å². The number of esters is 1. The van der Waals surface area contributed by atoms with Gasteiger partial charge in [0.2, 0.25) is 0 Å². The number of hydrogen-bond donors (Lipinski definition) is 1. The molecular formula is C23H34O4. The fraction of sp³-hybridized carbons (Fsp3) is 0.826. The Hall–Kier alpha value is -1.32. The predicted molar refractivity (Wildman–Crippen MR) is 103 cm³/mol. The van der Waals surface area contributed by atoms with Gasteiger partial charge in [-0.3, -0.25) is 9.59 Å². The van der Waals surface area contributed by atoms with Gasteiger partial charge in [0.1, 0.15) is 6.10 Å². The Labute approximate surface area is 162 Å². The van der Waals surface area contributed by atoms with E-state index in [1.165, 1.54) is 44.1 Å². The topological polar surface area (TPSA) is 63.6 Å². The number of allylic oxidation sites excluding steroid dienone is 1. The van der Waals surface area contributed by atoms with Crippen LogP contribution in [0.2, 0.25) is 0 Å². The SMILES string of the molecule is C[C@@]12CCC[C@H]1[C@@H]1CC=C3C[C@@H](OC(=O)CCC(=O)O)CC[C@]3(C)[C@H]1CC2. The van der Waals surface area contributed by atoms with E-state index in [1.54, 1.807) is 0 Å². The minimum atomic E-state index is -0.944. The maximum atomic E-state index is 11.9. The molecule has 0 radical (unpaired) electrons. The molecule has 0 amide bonds. The molecule has 0 spiro atoms. The van der Waals surface area contributed by atoms with E-state index in [1.807, 2.05) is 0 Å². The first-order valence-corrected chi connectivity index (χ1v) is 10.9. The van der Waals surface area contributed by atoms with Gasteiger partial charge in [0.25, 0.3) is 0 Å². The van der Waals surface area contributed by atoms with Gasteiger partial charge >= 0.3 is 11.9 Å². The van der Waals surface area contributed by atoms with Gasteiger partial charge in [-0.05, 0) is 73.5 Å². The van der Waals surface area contributed by atoms with E-state index >= 15 is 0 Å². The monoisotopic (exact) mass is 374 g/mol. The second-order valence-electron chi connectivity index (χ2n) is 10.1. The van der Waals surface area contributed by atoms with Crippen molar-refractivity contribution in [1.82, 2.24) is 0 Å². The molecule has 6 atom stereocenters. The van der Waals surface area contributed by atoms with Crippen LogP contribution in [0, 0.1) is 28.6 Å². The third kappa shape index (κ3) is 3.34. The van der Waals surface area contributed by atoms with Crippen LogP contribution < -0.4 is 0 Å². The van der Waals surface area contributed by atoms with Crippen molar-refractivity contribution in [3.63, 3.8) is 0 Å². The first kappa shape index (κ1) is 19.0. The van der Waals surface area contributed by atoms with Crippen molar-refractivity contribution in [3.05, 3.63) is 11.6 Å². The second kappa shape index (κ2) is 6.93. The Morgan fingerprint density at radius 3 is 2.70 bits per heavy atom. The van der Waals surface area contributed by atoms with Gasteiger partial charge < -0.3 is 9.84 Å². The molecule has 0 heterocycles. The molecular weight excluding hydrogens is 340 g/mol. The quantitative estimate of drug-likeness (QED) is 0.548. The van der Waals surface area contributed by atoms with Gasteiger partial charge in [-0.1, -0.05) is 31.9 Å². The number of aliphatic carboxylic acids is 1. The first-order valence-electron chi connectivity index (χ1n) is 10.9.